The van der Waals surface area contributed by atoms with E-state index in [0.29, 0.717) is 24.1 Å². The molecule has 0 heterocycles. The number of carbonyl (C=O) groups is 2. The molecule has 1 aliphatic rings. The second-order valence-electron chi connectivity index (χ2n) is 6.62. The summed E-state index contributed by atoms with van der Waals surface area (Å²) in [6.45, 7) is 1.64. The highest BCUT2D eigenvalue weighted by Crippen LogP contribution is 2.30. The summed E-state index contributed by atoms with van der Waals surface area (Å²) in [6, 6.07) is 10.0. The fourth-order valence-electron chi connectivity index (χ4n) is 2.93. The molecule has 29 heavy (non-hydrogen) atoms. The number of nitrogens with one attached hydrogen (secondary N) is 1. The smallest absolute Gasteiger partial charge is 0.339 e. The standard InChI is InChI=1S/C20H20N2O6S/c1-13-6-2-5-9-19(13)29(26,27)28-18-11-10-14(20(24)25)12-16(18)22-21-15-7-3-4-8-17(15)23/h2,5-6,9-12,22H,3-4,7-8H2,1H3,(H,24,25)/b21-15+. The molecule has 9 heteroatoms. The number of anilines is 1. The maximum Gasteiger partial charge on any atom is 0.339 e. The summed E-state index contributed by atoms with van der Waals surface area (Å²) < 4.78 is 30.7. The third-order valence-electron chi connectivity index (χ3n) is 4.49. The number of Topliss-reactive ketones (excluding diaryl/α,β-unsaturated/α-hetero) is 1. The number of carboxylic acid groups (broad SMARTS) is 1. The van der Waals surface area contributed by atoms with Gasteiger partial charge < -0.3 is 9.29 Å². The van der Waals surface area contributed by atoms with Crippen molar-refractivity contribution in [3.05, 3.63) is 53.6 Å². The molecule has 0 radical (unpaired) electrons. The van der Waals surface area contributed by atoms with Crippen molar-refractivity contribution in [2.75, 3.05) is 5.43 Å². The number of aromatic carboxylic acids is 1. The molecule has 0 amide bonds. The van der Waals surface area contributed by atoms with Crippen LogP contribution in [-0.4, -0.2) is 31.0 Å². The normalized spacial score (nSPS) is 15.9. The molecule has 3 rings (SSSR count). The number of benzene rings is 2. The predicted molar refractivity (Wildman–Crippen MR) is 107 cm³/mol. The molecule has 1 saturated carbocycles. The molecule has 2 aromatic carbocycles. The second-order valence-corrected chi connectivity index (χ2v) is 8.13. The van der Waals surface area contributed by atoms with Crippen LogP contribution in [0, 0.1) is 6.92 Å². The molecule has 2 N–H and O–H groups in total. The van der Waals surface area contributed by atoms with E-state index in [4.69, 9.17) is 4.18 Å². The maximum atomic E-state index is 12.7. The number of rotatable bonds is 6. The van der Waals surface area contributed by atoms with Crippen molar-refractivity contribution in [3.63, 3.8) is 0 Å². The molecule has 1 aliphatic carbocycles. The number of ketones is 1. The first kappa shape index (κ1) is 20.5. The van der Waals surface area contributed by atoms with Crippen LogP contribution in [0.1, 0.15) is 41.6 Å². The molecule has 0 saturated heterocycles. The zero-order valence-electron chi connectivity index (χ0n) is 15.7. The van der Waals surface area contributed by atoms with Crippen LogP contribution in [0.15, 0.2) is 52.5 Å². The van der Waals surface area contributed by atoms with Gasteiger partial charge in [-0.2, -0.15) is 13.5 Å². The quantitative estimate of drug-likeness (QED) is 0.547. The van der Waals surface area contributed by atoms with E-state index >= 15 is 0 Å². The van der Waals surface area contributed by atoms with Gasteiger partial charge in [-0.3, -0.25) is 10.2 Å². The first-order chi connectivity index (χ1) is 13.8. The van der Waals surface area contributed by atoms with E-state index in [2.05, 4.69) is 10.5 Å². The average molecular weight is 416 g/mol. The zero-order valence-corrected chi connectivity index (χ0v) is 16.5. The molecule has 0 aliphatic heterocycles. The van der Waals surface area contributed by atoms with Crippen LogP contribution in [0.3, 0.4) is 0 Å². The number of hydrogen-bond acceptors (Lipinski definition) is 7. The third kappa shape index (κ3) is 4.80. The van der Waals surface area contributed by atoms with Crippen LogP contribution in [0.25, 0.3) is 0 Å². The summed E-state index contributed by atoms with van der Waals surface area (Å²) in [5.41, 5.74) is 3.42. The van der Waals surface area contributed by atoms with Gasteiger partial charge in [-0.15, -0.1) is 0 Å². The first-order valence-electron chi connectivity index (χ1n) is 9.01. The van der Waals surface area contributed by atoms with Crippen LogP contribution in [0.2, 0.25) is 0 Å². The van der Waals surface area contributed by atoms with E-state index in [1.54, 1.807) is 25.1 Å². The topological polar surface area (TPSA) is 122 Å². The molecule has 8 nitrogen and oxygen atoms in total. The van der Waals surface area contributed by atoms with Gasteiger partial charge in [0.15, 0.2) is 11.5 Å². The largest absolute Gasteiger partial charge is 0.478 e. The fourth-order valence-corrected chi connectivity index (χ4v) is 4.11. The summed E-state index contributed by atoms with van der Waals surface area (Å²) in [7, 11) is -4.16. The minimum absolute atomic E-state index is 0.00188. The van der Waals surface area contributed by atoms with Gasteiger partial charge in [-0.05, 0) is 56.0 Å². The van der Waals surface area contributed by atoms with Crippen molar-refractivity contribution < 1.29 is 27.3 Å². The monoisotopic (exact) mass is 416 g/mol. The summed E-state index contributed by atoms with van der Waals surface area (Å²) in [6.07, 6.45) is 2.53. The Morgan fingerprint density at radius 2 is 1.86 bits per heavy atom. The van der Waals surface area contributed by atoms with Crippen LogP contribution >= 0.6 is 0 Å². The lowest BCUT2D eigenvalue weighted by Crippen LogP contribution is -2.20. The lowest BCUT2D eigenvalue weighted by Gasteiger charge is -2.15. The minimum Gasteiger partial charge on any atom is -0.478 e. The highest BCUT2D eigenvalue weighted by molar-refractivity contribution is 7.87. The Labute approximate surface area is 168 Å². The van der Waals surface area contributed by atoms with Crippen molar-refractivity contribution in [1.29, 1.82) is 0 Å². The van der Waals surface area contributed by atoms with Crippen molar-refractivity contribution in [1.82, 2.24) is 0 Å². The number of aryl methyl sites for hydroxylation is 1. The Hall–Kier alpha value is -3.20. The van der Waals surface area contributed by atoms with E-state index in [9.17, 15) is 23.1 Å². The van der Waals surface area contributed by atoms with Gasteiger partial charge in [-0.25, -0.2) is 4.79 Å². The Bertz CT molecular complexity index is 1090. The van der Waals surface area contributed by atoms with Crippen molar-refractivity contribution in [3.8, 4) is 5.75 Å². The number of nitrogens with zero attached hydrogens (tertiary/aromatic N) is 1. The summed E-state index contributed by atoms with van der Waals surface area (Å²) >= 11 is 0. The van der Waals surface area contributed by atoms with Gasteiger partial charge in [0.25, 0.3) is 0 Å². The number of carboxylic acids is 1. The number of hydrazone groups is 1. The first-order valence-corrected chi connectivity index (χ1v) is 10.4. The predicted octanol–water partition coefficient (Wildman–Crippen LogP) is 3.37. The van der Waals surface area contributed by atoms with Crippen LogP contribution in [-0.2, 0) is 14.9 Å². The number of hydrogen-bond donors (Lipinski definition) is 2. The van der Waals surface area contributed by atoms with Gasteiger partial charge in [0.05, 0.1) is 5.56 Å². The molecule has 0 spiro atoms. The van der Waals surface area contributed by atoms with Gasteiger partial charge >= 0.3 is 16.1 Å². The Balaban J connectivity index is 1.96. The Kier molecular flexibility index (Phi) is 5.97. The third-order valence-corrected chi connectivity index (χ3v) is 5.89. The molecule has 0 bridgehead atoms. The summed E-state index contributed by atoms with van der Waals surface area (Å²) in [5.74, 6) is -1.40. The van der Waals surface area contributed by atoms with Crippen molar-refractivity contribution in [2.45, 2.75) is 37.5 Å². The lowest BCUT2D eigenvalue weighted by molar-refractivity contribution is -0.113. The van der Waals surface area contributed by atoms with Gasteiger partial charge in [0, 0.05) is 6.42 Å². The second kappa shape index (κ2) is 8.44. The fraction of sp³-hybridized carbons (Fsp3) is 0.250. The minimum atomic E-state index is -4.16. The lowest BCUT2D eigenvalue weighted by atomic mass is 9.97. The highest BCUT2D eigenvalue weighted by Gasteiger charge is 2.22. The molecule has 0 aromatic heterocycles. The van der Waals surface area contributed by atoms with Gasteiger partial charge in [-0.1, -0.05) is 18.2 Å². The molecule has 0 unspecified atom stereocenters. The number of carbonyl (C=O) groups excluding carboxylic acids is 1. The van der Waals surface area contributed by atoms with Gasteiger partial charge in [0.1, 0.15) is 16.3 Å². The molecule has 1 fully saturated rings. The van der Waals surface area contributed by atoms with Crippen LogP contribution in [0.5, 0.6) is 5.75 Å². The van der Waals surface area contributed by atoms with Crippen molar-refractivity contribution >= 4 is 33.3 Å². The highest BCUT2D eigenvalue weighted by atomic mass is 32.2. The summed E-state index contributed by atoms with van der Waals surface area (Å²) in [4.78, 5) is 23.2. The molecular weight excluding hydrogens is 396 g/mol. The molecule has 2 aromatic rings. The van der Waals surface area contributed by atoms with Crippen LogP contribution in [0.4, 0.5) is 5.69 Å². The molecular formula is C20H20N2O6S. The van der Waals surface area contributed by atoms with E-state index in [1.807, 2.05) is 0 Å². The van der Waals surface area contributed by atoms with E-state index in [-0.39, 0.29) is 27.7 Å². The SMILES string of the molecule is Cc1ccccc1S(=O)(=O)Oc1ccc(C(=O)O)cc1N/N=C1\CCCCC1=O. The van der Waals surface area contributed by atoms with E-state index in [1.165, 1.54) is 24.3 Å². The zero-order chi connectivity index (χ0) is 21.0. The van der Waals surface area contributed by atoms with Crippen LogP contribution < -0.4 is 9.61 Å². The summed E-state index contributed by atoms with van der Waals surface area (Å²) in [5, 5.41) is 13.3. The Morgan fingerprint density at radius 1 is 1.14 bits per heavy atom. The molecule has 152 valence electrons. The Morgan fingerprint density at radius 3 is 2.55 bits per heavy atom. The molecule has 0 atom stereocenters. The maximum absolute atomic E-state index is 12.7. The van der Waals surface area contributed by atoms with E-state index in [0.717, 1.165) is 12.8 Å². The average Bonchev–Trinajstić information content (AvgIpc) is 2.68. The van der Waals surface area contributed by atoms with Crippen molar-refractivity contribution in [2.24, 2.45) is 5.10 Å². The van der Waals surface area contributed by atoms with Gasteiger partial charge in [0.2, 0.25) is 0 Å². The van der Waals surface area contributed by atoms with E-state index < -0.39 is 16.1 Å².